The minimum absolute atomic E-state index is 0.126. The molecule has 2 nitrogen and oxygen atoms in total. The number of benzene rings is 3. The van der Waals surface area contributed by atoms with Crippen molar-refractivity contribution in [2.24, 2.45) is 10.8 Å². The van der Waals surface area contributed by atoms with Gasteiger partial charge in [0.15, 0.2) is 0 Å². The van der Waals surface area contributed by atoms with Gasteiger partial charge in [0, 0.05) is 10.8 Å². The molecule has 3 rings (SSSR count). The Morgan fingerprint density at radius 1 is 0.444 bits per heavy atom. The maximum absolute atomic E-state index is 5.99. The van der Waals surface area contributed by atoms with E-state index in [4.69, 9.17) is 9.47 Å². The fourth-order valence-corrected chi connectivity index (χ4v) is 4.17. The van der Waals surface area contributed by atoms with Crippen LogP contribution in [-0.4, -0.2) is 13.2 Å². The fourth-order valence-electron chi connectivity index (χ4n) is 4.17. The number of ether oxygens (including phenoxy) is 2. The van der Waals surface area contributed by atoms with Crippen LogP contribution < -0.4 is 9.47 Å². The van der Waals surface area contributed by atoms with Crippen LogP contribution in [0.15, 0.2) is 72.8 Å². The Morgan fingerprint density at radius 2 is 0.778 bits per heavy atom. The van der Waals surface area contributed by atoms with Crippen molar-refractivity contribution in [3.8, 4) is 11.5 Å². The highest BCUT2D eigenvalue weighted by Gasteiger charge is 2.28. The van der Waals surface area contributed by atoms with E-state index in [9.17, 15) is 0 Å². The molecule has 0 radical (unpaired) electrons. The number of rotatable bonds is 8. The third-order valence-electron chi connectivity index (χ3n) is 6.80. The molecule has 2 heteroatoms. The van der Waals surface area contributed by atoms with E-state index in [-0.39, 0.29) is 21.7 Å². The lowest BCUT2D eigenvalue weighted by Gasteiger charge is -2.31. The Balaban J connectivity index is 1.81. The summed E-state index contributed by atoms with van der Waals surface area (Å²) < 4.78 is 12.0. The Kier molecular flexibility index (Phi) is 7.98. The van der Waals surface area contributed by atoms with Gasteiger partial charge in [0.05, 0.1) is 13.2 Å². The second kappa shape index (κ2) is 10.3. The van der Waals surface area contributed by atoms with Crippen LogP contribution in [0.25, 0.3) is 0 Å². The quantitative estimate of drug-likeness (QED) is 0.316. The van der Waals surface area contributed by atoms with Gasteiger partial charge in [0.1, 0.15) is 11.5 Å². The highest BCUT2D eigenvalue weighted by atomic mass is 16.5. The minimum Gasteiger partial charge on any atom is -0.493 e. The van der Waals surface area contributed by atoms with Crippen LogP contribution in [-0.2, 0) is 10.8 Å². The van der Waals surface area contributed by atoms with E-state index in [1.807, 2.05) is 0 Å². The Labute approximate surface area is 220 Å². The van der Waals surface area contributed by atoms with Crippen LogP contribution >= 0.6 is 0 Å². The van der Waals surface area contributed by atoms with Gasteiger partial charge >= 0.3 is 0 Å². The highest BCUT2D eigenvalue weighted by molar-refractivity contribution is 5.46. The van der Waals surface area contributed by atoms with Crippen LogP contribution in [0.5, 0.6) is 11.5 Å². The molecule has 0 aliphatic rings. The summed E-state index contributed by atoms with van der Waals surface area (Å²) in [5, 5.41) is 0. The average molecular weight is 487 g/mol. The molecule has 0 bridgehead atoms. The predicted octanol–water partition coefficient (Wildman–Crippen LogP) is 9.19. The first-order valence-electron chi connectivity index (χ1n) is 13.2. The van der Waals surface area contributed by atoms with E-state index in [1.165, 1.54) is 22.3 Å². The Morgan fingerprint density at radius 3 is 1.08 bits per heavy atom. The highest BCUT2D eigenvalue weighted by Crippen LogP contribution is 2.38. The zero-order valence-electron chi connectivity index (χ0n) is 24.2. The summed E-state index contributed by atoms with van der Waals surface area (Å²) in [6.45, 7) is 23.7. The van der Waals surface area contributed by atoms with Crippen molar-refractivity contribution >= 4 is 0 Å². The topological polar surface area (TPSA) is 18.5 Å². The normalized spacial score (nSPS) is 12.9. The minimum atomic E-state index is -0.126. The predicted molar refractivity (Wildman–Crippen MR) is 153 cm³/mol. The molecular formula is C34H46O2. The van der Waals surface area contributed by atoms with Gasteiger partial charge in [-0.1, -0.05) is 118 Å². The van der Waals surface area contributed by atoms with E-state index in [2.05, 4.69) is 142 Å². The largest absolute Gasteiger partial charge is 0.493 e. The third kappa shape index (κ3) is 7.15. The first kappa shape index (κ1) is 27.8. The first-order valence-corrected chi connectivity index (χ1v) is 13.2. The SMILES string of the molecule is CC(C)(C)COc1ccc(C(C)(C)c2cccc(C(C)(C)c3ccc(OCC(C)(C)C)cc3)c2)cc1. The molecule has 0 saturated carbocycles. The Hall–Kier alpha value is -2.74. The molecule has 0 unspecified atom stereocenters. The standard InChI is InChI=1S/C34H46O2/c1-31(2,3)23-35-29-18-14-25(15-19-29)33(7,8)27-12-11-13-28(22-27)34(9,10)26-16-20-30(21-17-26)36-24-32(4,5)6/h11-22H,23-24H2,1-10H3. The van der Waals surface area contributed by atoms with E-state index >= 15 is 0 Å². The van der Waals surface area contributed by atoms with Crippen LogP contribution in [0.3, 0.4) is 0 Å². The summed E-state index contributed by atoms with van der Waals surface area (Å²) in [7, 11) is 0. The molecule has 0 aliphatic carbocycles. The van der Waals surface area contributed by atoms with Gasteiger partial charge in [-0.05, 0) is 57.3 Å². The zero-order valence-corrected chi connectivity index (χ0v) is 24.2. The van der Waals surface area contributed by atoms with Gasteiger partial charge < -0.3 is 9.47 Å². The van der Waals surface area contributed by atoms with Gasteiger partial charge in [-0.15, -0.1) is 0 Å². The summed E-state index contributed by atoms with van der Waals surface area (Å²) in [4.78, 5) is 0. The lowest BCUT2D eigenvalue weighted by atomic mass is 9.73. The lowest BCUT2D eigenvalue weighted by molar-refractivity contribution is 0.198. The van der Waals surface area contributed by atoms with E-state index in [0.717, 1.165) is 11.5 Å². The second-order valence-corrected chi connectivity index (χ2v) is 13.6. The van der Waals surface area contributed by atoms with Crippen molar-refractivity contribution in [2.75, 3.05) is 13.2 Å². The summed E-state index contributed by atoms with van der Waals surface area (Å²) in [6.07, 6.45) is 0. The zero-order chi connectivity index (χ0) is 26.8. The van der Waals surface area contributed by atoms with E-state index < -0.39 is 0 Å². The van der Waals surface area contributed by atoms with Crippen LogP contribution in [0, 0.1) is 10.8 Å². The van der Waals surface area contributed by atoms with Crippen molar-refractivity contribution in [2.45, 2.75) is 80.1 Å². The summed E-state index contributed by atoms with van der Waals surface area (Å²) in [5.74, 6) is 1.85. The lowest BCUT2D eigenvalue weighted by Crippen LogP contribution is -2.23. The average Bonchev–Trinajstić information content (AvgIpc) is 2.81. The van der Waals surface area contributed by atoms with Gasteiger partial charge in [-0.2, -0.15) is 0 Å². The molecule has 0 saturated heterocycles. The molecule has 36 heavy (non-hydrogen) atoms. The molecule has 0 aliphatic heterocycles. The Bertz CT molecular complexity index is 1030. The van der Waals surface area contributed by atoms with Gasteiger partial charge in [-0.3, -0.25) is 0 Å². The molecule has 0 spiro atoms. The van der Waals surface area contributed by atoms with Crippen molar-refractivity contribution in [1.29, 1.82) is 0 Å². The smallest absolute Gasteiger partial charge is 0.119 e. The molecule has 0 fully saturated rings. The van der Waals surface area contributed by atoms with Gasteiger partial charge in [-0.25, -0.2) is 0 Å². The summed E-state index contributed by atoms with van der Waals surface area (Å²) in [6, 6.07) is 26.2. The maximum Gasteiger partial charge on any atom is 0.119 e. The third-order valence-corrected chi connectivity index (χ3v) is 6.80. The van der Waals surface area contributed by atoms with Crippen molar-refractivity contribution in [3.05, 3.63) is 95.1 Å². The van der Waals surface area contributed by atoms with Crippen molar-refractivity contribution in [3.63, 3.8) is 0 Å². The molecule has 3 aromatic carbocycles. The fraction of sp³-hybridized carbons (Fsp3) is 0.471. The van der Waals surface area contributed by atoms with Crippen molar-refractivity contribution in [1.82, 2.24) is 0 Å². The van der Waals surface area contributed by atoms with Gasteiger partial charge in [0.25, 0.3) is 0 Å². The van der Waals surface area contributed by atoms with Crippen molar-refractivity contribution < 1.29 is 9.47 Å². The summed E-state index contributed by atoms with van der Waals surface area (Å²) >= 11 is 0. The molecule has 0 amide bonds. The second-order valence-electron chi connectivity index (χ2n) is 13.6. The van der Waals surface area contributed by atoms with Gasteiger partial charge in [0.2, 0.25) is 0 Å². The maximum atomic E-state index is 5.99. The van der Waals surface area contributed by atoms with Crippen LogP contribution in [0.2, 0.25) is 0 Å². The first-order chi connectivity index (χ1) is 16.6. The number of hydrogen-bond donors (Lipinski definition) is 0. The molecule has 0 N–H and O–H groups in total. The molecular weight excluding hydrogens is 440 g/mol. The van der Waals surface area contributed by atoms with Crippen LogP contribution in [0.4, 0.5) is 0 Å². The molecule has 0 heterocycles. The molecule has 0 atom stereocenters. The summed E-state index contributed by atoms with van der Waals surface area (Å²) in [5.41, 5.74) is 5.21. The van der Waals surface area contributed by atoms with E-state index in [1.54, 1.807) is 0 Å². The molecule has 3 aromatic rings. The number of hydrogen-bond acceptors (Lipinski definition) is 2. The molecule has 194 valence electrons. The van der Waals surface area contributed by atoms with Crippen LogP contribution in [0.1, 0.15) is 91.5 Å². The van der Waals surface area contributed by atoms with E-state index in [0.29, 0.717) is 13.2 Å². The molecule has 0 aromatic heterocycles. The monoisotopic (exact) mass is 486 g/mol.